The van der Waals surface area contributed by atoms with Gasteiger partial charge in [0.05, 0.1) is 5.69 Å². The van der Waals surface area contributed by atoms with E-state index < -0.39 is 0 Å². The molecule has 2 aliphatic heterocycles. The number of rotatable bonds is 5. The first-order valence-corrected chi connectivity index (χ1v) is 12.0. The summed E-state index contributed by atoms with van der Waals surface area (Å²) in [6.45, 7) is 4.57. The van der Waals surface area contributed by atoms with Gasteiger partial charge in [0.2, 0.25) is 5.95 Å². The van der Waals surface area contributed by atoms with E-state index in [0.717, 1.165) is 38.3 Å². The van der Waals surface area contributed by atoms with E-state index in [1.54, 1.807) is 30.1 Å². The molecule has 8 heteroatoms. The van der Waals surface area contributed by atoms with Crippen LogP contribution in [0.2, 0.25) is 0 Å². The molecule has 2 aromatic heterocycles. The van der Waals surface area contributed by atoms with Crippen molar-refractivity contribution in [2.75, 3.05) is 56.6 Å². The highest BCUT2D eigenvalue weighted by atomic mass is 16.1. The quantitative estimate of drug-likeness (QED) is 0.627. The third-order valence-electron chi connectivity index (χ3n) is 7.10. The van der Waals surface area contributed by atoms with Crippen molar-refractivity contribution in [2.45, 2.75) is 18.5 Å². The Hall–Kier alpha value is -3.23. The van der Waals surface area contributed by atoms with Crippen LogP contribution in [0.1, 0.15) is 18.0 Å². The van der Waals surface area contributed by atoms with Crippen LogP contribution in [0.3, 0.4) is 0 Å². The first-order chi connectivity index (χ1) is 16.5. The topological polar surface area (TPSA) is 69.5 Å². The fourth-order valence-corrected chi connectivity index (χ4v) is 4.95. The maximum absolute atomic E-state index is 12.7. The van der Waals surface area contributed by atoms with Gasteiger partial charge >= 0.3 is 0 Å². The van der Waals surface area contributed by atoms with Crippen LogP contribution < -0.4 is 20.7 Å². The Balaban J connectivity index is 1.34. The first kappa shape index (κ1) is 22.6. The highest BCUT2D eigenvalue weighted by Gasteiger charge is 2.26. The minimum Gasteiger partial charge on any atom is -0.370 e. The molecule has 0 bridgehead atoms. The molecule has 0 saturated carbocycles. The van der Waals surface area contributed by atoms with E-state index >= 15 is 0 Å². The number of pyridine rings is 1. The van der Waals surface area contributed by atoms with Crippen LogP contribution in [-0.2, 0) is 7.05 Å². The SMILES string of the molecule is CN(C)[C@H]1CCN(c2ccc([C@H]3CN(c4nc(-c5ccncc5)cc(=O)n4C)CCN3)cc2)C1. The highest BCUT2D eigenvalue weighted by Crippen LogP contribution is 2.27. The summed E-state index contributed by atoms with van der Waals surface area (Å²) in [7, 11) is 6.12. The maximum atomic E-state index is 12.7. The van der Waals surface area contributed by atoms with Crippen molar-refractivity contribution in [3.63, 3.8) is 0 Å². The number of nitrogens with one attached hydrogen (secondary N) is 1. The van der Waals surface area contributed by atoms with Gasteiger partial charge in [0.15, 0.2) is 0 Å². The number of aromatic nitrogens is 3. The maximum Gasteiger partial charge on any atom is 0.255 e. The summed E-state index contributed by atoms with van der Waals surface area (Å²) in [6.07, 6.45) is 4.65. The van der Waals surface area contributed by atoms with Crippen LogP contribution in [0.5, 0.6) is 0 Å². The zero-order valence-corrected chi connectivity index (χ0v) is 20.2. The van der Waals surface area contributed by atoms with Crippen LogP contribution >= 0.6 is 0 Å². The molecule has 1 N–H and O–H groups in total. The van der Waals surface area contributed by atoms with Crippen LogP contribution in [-0.4, -0.2) is 72.3 Å². The predicted molar refractivity (Wildman–Crippen MR) is 136 cm³/mol. The Morgan fingerprint density at radius 3 is 2.47 bits per heavy atom. The number of benzene rings is 1. The standard InChI is InChI=1S/C26H33N7O/c1-30(2)22-10-14-32(17-22)21-6-4-19(5-7-21)24-18-33(15-13-28-24)26-29-23(16-25(34)31(26)3)20-8-11-27-12-9-20/h4-9,11-12,16,22,24,28H,10,13-15,17-18H2,1-3H3/t22-,24+/m0/s1. The van der Waals surface area contributed by atoms with E-state index in [9.17, 15) is 4.79 Å². The second-order valence-corrected chi connectivity index (χ2v) is 9.47. The van der Waals surface area contributed by atoms with E-state index in [-0.39, 0.29) is 11.6 Å². The monoisotopic (exact) mass is 459 g/mol. The molecule has 2 atom stereocenters. The molecule has 178 valence electrons. The van der Waals surface area contributed by atoms with Gasteiger partial charge in [0.25, 0.3) is 5.56 Å². The molecule has 0 unspecified atom stereocenters. The predicted octanol–water partition coefficient (Wildman–Crippen LogP) is 2.13. The molecule has 8 nitrogen and oxygen atoms in total. The summed E-state index contributed by atoms with van der Waals surface area (Å²) in [6, 6.07) is 15.1. The van der Waals surface area contributed by atoms with Gasteiger partial charge in [-0.1, -0.05) is 12.1 Å². The molecule has 5 rings (SSSR count). The third kappa shape index (κ3) is 4.56. The first-order valence-electron chi connectivity index (χ1n) is 12.0. The second-order valence-electron chi connectivity index (χ2n) is 9.47. The Kier molecular flexibility index (Phi) is 6.34. The summed E-state index contributed by atoms with van der Waals surface area (Å²) in [5.41, 5.74) is 4.07. The summed E-state index contributed by atoms with van der Waals surface area (Å²) < 4.78 is 1.64. The largest absolute Gasteiger partial charge is 0.370 e. The molecule has 0 radical (unpaired) electrons. The molecule has 0 amide bonds. The van der Waals surface area contributed by atoms with Gasteiger partial charge in [0, 0.05) is 81.6 Å². The van der Waals surface area contributed by atoms with Crippen molar-refractivity contribution >= 4 is 11.6 Å². The molecule has 3 aromatic rings. The third-order valence-corrected chi connectivity index (χ3v) is 7.10. The molecule has 2 fully saturated rings. The summed E-state index contributed by atoms with van der Waals surface area (Å²) in [5.74, 6) is 0.703. The van der Waals surface area contributed by atoms with Crippen LogP contribution in [0.15, 0.2) is 59.7 Å². The number of nitrogens with zero attached hydrogens (tertiary/aromatic N) is 6. The van der Waals surface area contributed by atoms with E-state index in [1.807, 2.05) is 12.1 Å². The average molecular weight is 460 g/mol. The van der Waals surface area contributed by atoms with Gasteiger partial charge in [-0.3, -0.25) is 14.3 Å². The minimum atomic E-state index is -0.0575. The number of likely N-dealkylation sites (N-methyl/N-ethyl adjacent to an activating group) is 1. The molecule has 1 aromatic carbocycles. The van der Waals surface area contributed by atoms with Crippen molar-refractivity contribution < 1.29 is 0 Å². The normalized spacial score (nSPS) is 20.8. The van der Waals surface area contributed by atoms with E-state index in [4.69, 9.17) is 4.98 Å². The lowest BCUT2D eigenvalue weighted by atomic mass is 10.0. The van der Waals surface area contributed by atoms with Gasteiger partial charge in [-0.15, -0.1) is 0 Å². The van der Waals surface area contributed by atoms with Gasteiger partial charge in [0.1, 0.15) is 0 Å². The number of hydrogen-bond acceptors (Lipinski definition) is 7. The summed E-state index contributed by atoms with van der Waals surface area (Å²) in [5, 5.41) is 3.64. The summed E-state index contributed by atoms with van der Waals surface area (Å²) >= 11 is 0. The average Bonchev–Trinajstić information content (AvgIpc) is 3.37. The van der Waals surface area contributed by atoms with Gasteiger partial charge < -0.3 is 20.0 Å². The molecule has 2 aliphatic rings. The number of hydrogen-bond donors (Lipinski definition) is 1. The zero-order valence-electron chi connectivity index (χ0n) is 20.2. The molecular formula is C26H33N7O. The van der Waals surface area contributed by atoms with Crippen LogP contribution in [0, 0.1) is 0 Å². The number of piperazine rings is 1. The fourth-order valence-electron chi connectivity index (χ4n) is 4.95. The minimum absolute atomic E-state index is 0.0575. The molecule has 0 aliphatic carbocycles. The van der Waals surface area contributed by atoms with Crippen molar-refractivity contribution in [1.82, 2.24) is 24.8 Å². The zero-order chi connectivity index (χ0) is 23.7. The van der Waals surface area contributed by atoms with Crippen LogP contribution in [0.4, 0.5) is 11.6 Å². The Morgan fingerprint density at radius 1 is 1.00 bits per heavy atom. The van der Waals surface area contributed by atoms with E-state index in [0.29, 0.717) is 17.7 Å². The molecule has 4 heterocycles. The molecule has 34 heavy (non-hydrogen) atoms. The smallest absolute Gasteiger partial charge is 0.255 e. The summed E-state index contributed by atoms with van der Waals surface area (Å²) in [4.78, 5) is 28.7. The highest BCUT2D eigenvalue weighted by molar-refractivity contribution is 5.59. The molecule has 2 saturated heterocycles. The lowest BCUT2D eigenvalue weighted by molar-refractivity contribution is 0.315. The van der Waals surface area contributed by atoms with Gasteiger partial charge in [-0.2, -0.15) is 0 Å². The second kappa shape index (κ2) is 9.56. The fraction of sp³-hybridized carbons (Fsp3) is 0.423. The van der Waals surface area contributed by atoms with Crippen LogP contribution in [0.25, 0.3) is 11.3 Å². The molecule has 0 spiro atoms. The van der Waals surface area contributed by atoms with E-state index in [1.165, 1.54) is 17.7 Å². The lowest BCUT2D eigenvalue weighted by Crippen LogP contribution is -2.47. The van der Waals surface area contributed by atoms with Crippen molar-refractivity contribution in [2.24, 2.45) is 7.05 Å². The van der Waals surface area contributed by atoms with Crippen molar-refractivity contribution in [1.29, 1.82) is 0 Å². The van der Waals surface area contributed by atoms with Crippen molar-refractivity contribution in [3.05, 3.63) is 70.8 Å². The van der Waals surface area contributed by atoms with Gasteiger partial charge in [-0.05, 0) is 50.3 Å². The van der Waals surface area contributed by atoms with Gasteiger partial charge in [-0.25, -0.2) is 4.98 Å². The lowest BCUT2D eigenvalue weighted by Gasteiger charge is -2.35. The number of anilines is 2. The van der Waals surface area contributed by atoms with Crippen molar-refractivity contribution in [3.8, 4) is 11.3 Å². The Bertz CT molecular complexity index is 1180. The Morgan fingerprint density at radius 2 is 1.76 bits per heavy atom. The molecular weight excluding hydrogens is 426 g/mol. The van der Waals surface area contributed by atoms with E-state index in [2.05, 4.69) is 63.4 Å². The Labute approximate surface area is 200 Å².